The standard InChI is InChI=1S/C17H30N2/c1-5-19(6-2)13-12-18-17(14-15(3)4)16-10-8-7-9-11-16/h7-11,15,17-18H,5-6,12-14H2,1-4H3. The largest absolute Gasteiger partial charge is 0.309 e. The molecule has 19 heavy (non-hydrogen) atoms. The van der Waals surface area contributed by atoms with Crippen LogP contribution >= 0.6 is 0 Å². The summed E-state index contributed by atoms with van der Waals surface area (Å²) in [6, 6.07) is 11.3. The van der Waals surface area contributed by atoms with Gasteiger partial charge in [-0.1, -0.05) is 58.0 Å². The van der Waals surface area contributed by atoms with Crippen molar-refractivity contribution < 1.29 is 0 Å². The molecule has 0 bridgehead atoms. The van der Waals surface area contributed by atoms with E-state index in [1.54, 1.807) is 0 Å². The third kappa shape index (κ3) is 6.22. The van der Waals surface area contributed by atoms with E-state index in [-0.39, 0.29) is 0 Å². The highest BCUT2D eigenvalue weighted by atomic mass is 15.1. The minimum Gasteiger partial charge on any atom is -0.309 e. The van der Waals surface area contributed by atoms with Crippen molar-refractivity contribution in [1.29, 1.82) is 0 Å². The van der Waals surface area contributed by atoms with E-state index in [4.69, 9.17) is 0 Å². The normalized spacial score (nSPS) is 13.2. The fraction of sp³-hybridized carbons (Fsp3) is 0.647. The van der Waals surface area contributed by atoms with Gasteiger partial charge < -0.3 is 10.2 Å². The zero-order valence-electron chi connectivity index (χ0n) is 13.0. The third-order valence-electron chi connectivity index (χ3n) is 3.62. The molecule has 0 saturated heterocycles. The van der Waals surface area contributed by atoms with Gasteiger partial charge in [0.15, 0.2) is 0 Å². The first-order chi connectivity index (χ1) is 9.17. The second-order valence-corrected chi connectivity index (χ2v) is 5.57. The van der Waals surface area contributed by atoms with Gasteiger partial charge in [-0.2, -0.15) is 0 Å². The van der Waals surface area contributed by atoms with Gasteiger partial charge in [-0.15, -0.1) is 0 Å². The summed E-state index contributed by atoms with van der Waals surface area (Å²) in [5.41, 5.74) is 1.41. The third-order valence-corrected chi connectivity index (χ3v) is 3.62. The van der Waals surface area contributed by atoms with Gasteiger partial charge in [-0.05, 0) is 31.0 Å². The summed E-state index contributed by atoms with van der Waals surface area (Å²) in [7, 11) is 0. The molecular weight excluding hydrogens is 232 g/mol. The number of nitrogens with one attached hydrogen (secondary N) is 1. The molecule has 0 radical (unpaired) electrons. The van der Waals surface area contributed by atoms with Crippen molar-refractivity contribution in [3.63, 3.8) is 0 Å². The number of likely N-dealkylation sites (N-methyl/N-ethyl adjacent to an activating group) is 1. The molecule has 0 heterocycles. The molecule has 1 rings (SSSR count). The summed E-state index contributed by atoms with van der Waals surface area (Å²) < 4.78 is 0. The van der Waals surface area contributed by atoms with Crippen LogP contribution < -0.4 is 5.32 Å². The Morgan fingerprint density at radius 3 is 2.21 bits per heavy atom. The molecular formula is C17H30N2. The Kier molecular flexibility index (Phi) is 7.76. The first-order valence-electron chi connectivity index (χ1n) is 7.68. The van der Waals surface area contributed by atoms with Crippen LogP contribution in [0.4, 0.5) is 0 Å². The molecule has 1 unspecified atom stereocenters. The van der Waals surface area contributed by atoms with Crippen molar-refractivity contribution in [2.45, 2.75) is 40.2 Å². The lowest BCUT2D eigenvalue weighted by atomic mass is 9.97. The maximum absolute atomic E-state index is 3.72. The highest BCUT2D eigenvalue weighted by Crippen LogP contribution is 2.20. The van der Waals surface area contributed by atoms with Gasteiger partial charge in [0.05, 0.1) is 0 Å². The quantitative estimate of drug-likeness (QED) is 0.730. The first kappa shape index (κ1) is 16.2. The maximum Gasteiger partial charge on any atom is 0.0323 e. The predicted molar refractivity (Wildman–Crippen MR) is 84.4 cm³/mol. The molecule has 1 aromatic rings. The van der Waals surface area contributed by atoms with E-state index in [2.05, 4.69) is 68.2 Å². The predicted octanol–water partition coefficient (Wildman–Crippen LogP) is 3.71. The number of rotatable bonds is 9. The highest BCUT2D eigenvalue weighted by molar-refractivity contribution is 5.18. The lowest BCUT2D eigenvalue weighted by Crippen LogP contribution is -2.34. The molecule has 0 aromatic heterocycles. The van der Waals surface area contributed by atoms with Crippen LogP contribution in [0.5, 0.6) is 0 Å². The molecule has 108 valence electrons. The highest BCUT2D eigenvalue weighted by Gasteiger charge is 2.12. The van der Waals surface area contributed by atoms with E-state index in [9.17, 15) is 0 Å². The van der Waals surface area contributed by atoms with E-state index < -0.39 is 0 Å². The topological polar surface area (TPSA) is 15.3 Å². The molecule has 1 atom stereocenters. The summed E-state index contributed by atoms with van der Waals surface area (Å²) in [4.78, 5) is 2.46. The summed E-state index contributed by atoms with van der Waals surface area (Å²) in [5, 5.41) is 3.72. The zero-order valence-corrected chi connectivity index (χ0v) is 13.0. The van der Waals surface area contributed by atoms with E-state index in [0.29, 0.717) is 12.0 Å². The van der Waals surface area contributed by atoms with Crippen molar-refractivity contribution in [3.05, 3.63) is 35.9 Å². The average molecular weight is 262 g/mol. The van der Waals surface area contributed by atoms with E-state index >= 15 is 0 Å². The molecule has 0 amide bonds. The monoisotopic (exact) mass is 262 g/mol. The average Bonchev–Trinajstić information content (AvgIpc) is 2.43. The van der Waals surface area contributed by atoms with Gasteiger partial charge in [-0.25, -0.2) is 0 Å². The summed E-state index contributed by atoms with van der Waals surface area (Å²) in [6.07, 6.45) is 1.20. The summed E-state index contributed by atoms with van der Waals surface area (Å²) in [5.74, 6) is 0.714. The Hall–Kier alpha value is -0.860. The molecule has 0 saturated carbocycles. The van der Waals surface area contributed by atoms with Crippen LogP contribution in [-0.4, -0.2) is 31.1 Å². The molecule has 0 fully saturated rings. The van der Waals surface area contributed by atoms with E-state index in [1.165, 1.54) is 12.0 Å². The zero-order chi connectivity index (χ0) is 14.1. The van der Waals surface area contributed by atoms with Crippen LogP contribution in [0.25, 0.3) is 0 Å². The molecule has 2 heteroatoms. The molecule has 2 nitrogen and oxygen atoms in total. The minimum atomic E-state index is 0.483. The number of benzene rings is 1. The van der Waals surface area contributed by atoms with Crippen molar-refractivity contribution in [2.75, 3.05) is 26.2 Å². The molecule has 1 aromatic carbocycles. The van der Waals surface area contributed by atoms with Crippen molar-refractivity contribution in [3.8, 4) is 0 Å². The Morgan fingerprint density at radius 2 is 1.68 bits per heavy atom. The van der Waals surface area contributed by atoms with Gasteiger partial charge in [0.25, 0.3) is 0 Å². The van der Waals surface area contributed by atoms with Gasteiger partial charge in [0.2, 0.25) is 0 Å². The number of nitrogens with zero attached hydrogens (tertiary/aromatic N) is 1. The lowest BCUT2D eigenvalue weighted by molar-refractivity contribution is 0.291. The van der Waals surface area contributed by atoms with Gasteiger partial charge >= 0.3 is 0 Å². The van der Waals surface area contributed by atoms with Crippen LogP contribution in [0.2, 0.25) is 0 Å². The Morgan fingerprint density at radius 1 is 1.05 bits per heavy atom. The first-order valence-corrected chi connectivity index (χ1v) is 7.68. The van der Waals surface area contributed by atoms with Crippen LogP contribution in [0, 0.1) is 5.92 Å². The van der Waals surface area contributed by atoms with E-state index in [1.807, 2.05) is 0 Å². The number of hydrogen-bond donors (Lipinski definition) is 1. The fourth-order valence-corrected chi connectivity index (χ4v) is 2.43. The van der Waals surface area contributed by atoms with Gasteiger partial charge in [0.1, 0.15) is 0 Å². The van der Waals surface area contributed by atoms with Gasteiger partial charge in [0, 0.05) is 19.1 Å². The minimum absolute atomic E-state index is 0.483. The summed E-state index contributed by atoms with van der Waals surface area (Å²) in [6.45, 7) is 13.5. The SMILES string of the molecule is CCN(CC)CCNC(CC(C)C)c1ccccc1. The molecule has 0 aliphatic carbocycles. The molecule has 0 aliphatic rings. The molecule has 1 N–H and O–H groups in total. The Labute approximate surface area is 119 Å². The second kappa shape index (κ2) is 9.11. The van der Waals surface area contributed by atoms with E-state index in [0.717, 1.165) is 26.2 Å². The Balaban J connectivity index is 2.51. The smallest absolute Gasteiger partial charge is 0.0323 e. The maximum atomic E-state index is 3.72. The van der Waals surface area contributed by atoms with Crippen LogP contribution in [-0.2, 0) is 0 Å². The van der Waals surface area contributed by atoms with Crippen molar-refractivity contribution >= 4 is 0 Å². The molecule has 0 spiro atoms. The number of hydrogen-bond acceptors (Lipinski definition) is 2. The summed E-state index contributed by atoms with van der Waals surface area (Å²) >= 11 is 0. The molecule has 0 aliphatic heterocycles. The second-order valence-electron chi connectivity index (χ2n) is 5.57. The van der Waals surface area contributed by atoms with Gasteiger partial charge in [-0.3, -0.25) is 0 Å². The Bertz CT molecular complexity index is 317. The van der Waals surface area contributed by atoms with Crippen LogP contribution in [0.3, 0.4) is 0 Å². The van der Waals surface area contributed by atoms with Crippen LogP contribution in [0.15, 0.2) is 30.3 Å². The van der Waals surface area contributed by atoms with Crippen molar-refractivity contribution in [1.82, 2.24) is 10.2 Å². The lowest BCUT2D eigenvalue weighted by Gasteiger charge is -2.24. The van der Waals surface area contributed by atoms with Crippen molar-refractivity contribution in [2.24, 2.45) is 5.92 Å². The van der Waals surface area contributed by atoms with Crippen LogP contribution in [0.1, 0.15) is 45.7 Å². The fourth-order valence-electron chi connectivity index (χ4n) is 2.43.